The number of rotatable bonds is 8. The highest BCUT2D eigenvalue weighted by molar-refractivity contribution is 5.79. The van der Waals surface area contributed by atoms with Gasteiger partial charge in [-0.25, -0.2) is 10.8 Å². The second-order valence-corrected chi connectivity index (χ2v) is 7.13. The molecule has 0 fully saturated rings. The fourth-order valence-electron chi connectivity index (χ4n) is 3.31. The second-order valence-electron chi connectivity index (χ2n) is 7.13. The monoisotopic (exact) mass is 415 g/mol. The Kier molecular flexibility index (Phi) is 6.26. The molecule has 0 aliphatic carbocycles. The van der Waals surface area contributed by atoms with Crippen molar-refractivity contribution in [1.82, 2.24) is 9.97 Å². The maximum Gasteiger partial charge on any atom is 0.166 e. The van der Waals surface area contributed by atoms with Crippen LogP contribution < -0.4 is 21.3 Å². The Morgan fingerprint density at radius 2 is 1.81 bits per heavy atom. The minimum Gasteiger partial charge on any atom is -0.491 e. The molecule has 0 aliphatic heterocycles. The molecule has 0 spiro atoms. The Hall–Kier alpha value is -3.68. The van der Waals surface area contributed by atoms with Gasteiger partial charge in [0.05, 0.1) is 30.0 Å². The molecule has 2 heterocycles. The Balaban J connectivity index is 1.52. The van der Waals surface area contributed by atoms with E-state index in [1.54, 1.807) is 18.3 Å². The Bertz CT molecular complexity index is 1160. The van der Waals surface area contributed by atoms with Gasteiger partial charge >= 0.3 is 0 Å². The van der Waals surface area contributed by atoms with E-state index in [0.717, 1.165) is 33.5 Å². The van der Waals surface area contributed by atoms with Crippen LogP contribution in [0.2, 0.25) is 0 Å². The normalized spacial score (nSPS) is 10.9. The third kappa shape index (κ3) is 4.91. The maximum absolute atomic E-state index is 6.35. The highest BCUT2D eigenvalue weighted by atomic mass is 16.5. The summed E-state index contributed by atoms with van der Waals surface area (Å²) >= 11 is 0. The van der Waals surface area contributed by atoms with Crippen LogP contribution in [0.15, 0.2) is 72.9 Å². The van der Waals surface area contributed by atoms with E-state index in [1.807, 2.05) is 60.7 Å². The highest BCUT2D eigenvalue weighted by Crippen LogP contribution is 2.27. The molecule has 0 atom stereocenters. The van der Waals surface area contributed by atoms with Crippen LogP contribution in [0.3, 0.4) is 0 Å². The minimum absolute atomic E-state index is 0.470. The van der Waals surface area contributed by atoms with Crippen LogP contribution in [0.1, 0.15) is 5.56 Å². The lowest BCUT2D eigenvalue weighted by atomic mass is 10.1. The number of benzene rings is 2. The number of methoxy groups -OCH3 is 1. The fourth-order valence-corrected chi connectivity index (χ4v) is 3.31. The number of hydrazine groups is 1. The molecule has 158 valence electrons. The second kappa shape index (κ2) is 9.42. The molecule has 0 saturated heterocycles. The first-order chi connectivity index (χ1) is 15.1. The summed E-state index contributed by atoms with van der Waals surface area (Å²) in [6.45, 7) is 1.52. The van der Waals surface area contributed by atoms with Crippen molar-refractivity contribution >= 4 is 22.4 Å². The van der Waals surface area contributed by atoms with Crippen molar-refractivity contribution in [2.75, 3.05) is 31.1 Å². The number of hydrogen-bond donors (Lipinski definition) is 2. The lowest BCUT2D eigenvalue weighted by Crippen LogP contribution is -2.31. The Morgan fingerprint density at radius 1 is 0.968 bits per heavy atom. The van der Waals surface area contributed by atoms with Crippen LogP contribution in [-0.2, 0) is 11.3 Å². The lowest BCUT2D eigenvalue weighted by molar-refractivity contribution is 0.146. The number of nitrogens with two attached hydrogens (primary N) is 2. The van der Waals surface area contributed by atoms with Gasteiger partial charge in [-0.05, 0) is 60.2 Å². The van der Waals surface area contributed by atoms with Crippen molar-refractivity contribution in [1.29, 1.82) is 0 Å². The van der Waals surface area contributed by atoms with E-state index in [1.165, 1.54) is 0 Å². The number of pyridine rings is 2. The largest absolute Gasteiger partial charge is 0.491 e. The van der Waals surface area contributed by atoms with Crippen LogP contribution >= 0.6 is 0 Å². The third-order valence-electron chi connectivity index (χ3n) is 4.90. The molecule has 4 N–H and O–H groups in total. The van der Waals surface area contributed by atoms with Crippen LogP contribution in [-0.4, -0.2) is 30.3 Å². The molecule has 2 aromatic heterocycles. The summed E-state index contributed by atoms with van der Waals surface area (Å²) in [5.74, 6) is 7.67. The predicted molar refractivity (Wildman–Crippen MR) is 124 cm³/mol. The van der Waals surface area contributed by atoms with Crippen molar-refractivity contribution in [2.45, 2.75) is 6.54 Å². The van der Waals surface area contributed by atoms with Gasteiger partial charge in [-0.15, -0.1) is 0 Å². The standard InChI is InChI=1S/C24H25N5O2/c1-30-13-14-31-20-7-5-18(6-8-20)23-11-9-21(25)24(28-23)29(26)16-17-4-10-22-19(15-17)3-2-12-27-22/h2-12,15H,13-14,16,25-26H2,1H3. The summed E-state index contributed by atoms with van der Waals surface area (Å²) < 4.78 is 10.6. The molecule has 0 unspecified atom stereocenters. The Labute approximate surface area is 181 Å². The lowest BCUT2D eigenvalue weighted by Gasteiger charge is -2.20. The molecule has 0 radical (unpaired) electrons. The Morgan fingerprint density at radius 3 is 2.61 bits per heavy atom. The highest BCUT2D eigenvalue weighted by Gasteiger charge is 2.12. The summed E-state index contributed by atoms with van der Waals surface area (Å²) in [5.41, 5.74) is 10.4. The molecule has 4 rings (SSSR count). The molecule has 7 heteroatoms. The summed E-state index contributed by atoms with van der Waals surface area (Å²) in [4.78, 5) is 9.06. The average Bonchev–Trinajstić information content (AvgIpc) is 2.80. The third-order valence-corrected chi connectivity index (χ3v) is 4.90. The summed E-state index contributed by atoms with van der Waals surface area (Å²) in [5, 5.41) is 2.63. The number of anilines is 2. The molecule has 0 bridgehead atoms. The molecular formula is C24H25N5O2. The molecule has 0 amide bonds. The summed E-state index contributed by atoms with van der Waals surface area (Å²) in [7, 11) is 1.65. The zero-order valence-electron chi connectivity index (χ0n) is 17.4. The van der Waals surface area contributed by atoms with E-state index in [2.05, 4.69) is 11.1 Å². The molecule has 2 aromatic carbocycles. The van der Waals surface area contributed by atoms with Gasteiger partial charge in [-0.3, -0.25) is 9.99 Å². The van der Waals surface area contributed by atoms with Gasteiger partial charge in [0.25, 0.3) is 0 Å². The first kappa shape index (κ1) is 20.6. The van der Waals surface area contributed by atoms with Crippen molar-refractivity contribution in [3.05, 3.63) is 78.5 Å². The van der Waals surface area contributed by atoms with Gasteiger partial charge in [0, 0.05) is 24.3 Å². The molecular weight excluding hydrogens is 390 g/mol. The van der Waals surface area contributed by atoms with Crippen molar-refractivity contribution in [3.8, 4) is 17.0 Å². The minimum atomic E-state index is 0.470. The summed E-state index contributed by atoms with van der Waals surface area (Å²) in [6.07, 6.45) is 1.78. The van der Waals surface area contributed by atoms with E-state index >= 15 is 0 Å². The average molecular weight is 415 g/mol. The van der Waals surface area contributed by atoms with Gasteiger partial charge in [-0.2, -0.15) is 0 Å². The number of ether oxygens (including phenoxy) is 2. The SMILES string of the molecule is COCCOc1ccc(-c2ccc(N)c(N(N)Cc3ccc4ncccc4c3)n2)cc1. The molecule has 7 nitrogen and oxygen atoms in total. The molecule has 0 saturated carbocycles. The van der Waals surface area contributed by atoms with Crippen molar-refractivity contribution in [2.24, 2.45) is 5.84 Å². The van der Waals surface area contributed by atoms with Crippen LogP contribution in [0.4, 0.5) is 11.5 Å². The van der Waals surface area contributed by atoms with Crippen LogP contribution in [0, 0.1) is 0 Å². The number of hydrogen-bond acceptors (Lipinski definition) is 7. The molecule has 31 heavy (non-hydrogen) atoms. The van der Waals surface area contributed by atoms with Crippen LogP contribution in [0.25, 0.3) is 22.2 Å². The topological polar surface area (TPSA) is 99.5 Å². The smallest absolute Gasteiger partial charge is 0.166 e. The van der Waals surface area contributed by atoms with Gasteiger partial charge in [0.1, 0.15) is 12.4 Å². The number of fused-ring (bicyclic) bond motifs is 1. The van der Waals surface area contributed by atoms with E-state index in [9.17, 15) is 0 Å². The molecule has 0 aliphatic rings. The number of nitrogen functional groups attached to an aromatic ring is 1. The van der Waals surface area contributed by atoms with Gasteiger partial charge in [-0.1, -0.05) is 12.1 Å². The molecule has 4 aromatic rings. The van der Waals surface area contributed by atoms with E-state index in [4.69, 9.17) is 26.0 Å². The maximum atomic E-state index is 6.35. The zero-order chi connectivity index (χ0) is 21.6. The van der Waals surface area contributed by atoms with Gasteiger partial charge in [0.15, 0.2) is 5.82 Å². The van der Waals surface area contributed by atoms with E-state index in [0.29, 0.717) is 31.3 Å². The van der Waals surface area contributed by atoms with Gasteiger partial charge < -0.3 is 15.2 Å². The van der Waals surface area contributed by atoms with Crippen molar-refractivity contribution < 1.29 is 9.47 Å². The number of aromatic nitrogens is 2. The van der Waals surface area contributed by atoms with Gasteiger partial charge in [0.2, 0.25) is 0 Å². The number of nitrogens with zero attached hydrogens (tertiary/aromatic N) is 3. The van der Waals surface area contributed by atoms with Crippen molar-refractivity contribution in [3.63, 3.8) is 0 Å². The summed E-state index contributed by atoms with van der Waals surface area (Å²) in [6, 6.07) is 21.5. The van der Waals surface area contributed by atoms with E-state index < -0.39 is 0 Å². The predicted octanol–water partition coefficient (Wildman–Crippen LogP) is 3.78. The fraction of sp³-hybridized carbons (Fsp3) is 0.167. The van der Waals surface area contributed by atoms with Crippen LogP contribution in [0.5, 0.6) is 5.75 Å². The first-order valence-corrected chi connectivity index (χ1v) is 9.98. The van der Waals surface area contributed by atoms with E-state index in [-0.39, 0.29) is 0 Å². The first-order valence-electron chi connectivity index (χ1n) is 9.98. The zero-order valence-corrected chi connectivity index (χ0v) is 17.4. The quantitative estimate of drug-likeness (QED) is 0.257.